The van der Waals surface area contributed by atoms with E-state index in [2.05, 4.69) is 30.2 Å². The van der Waals surface area contributed by atoms with Crippen LogP contribution in [0.2, 0.25) is 0 Å². The normalized spacial score (nSPS) is 11.2. The summed E-state index contributed by atoms with van der Waals surface area (Å²) in [6.45, 7) is 8.07. The first-order valence-electron chi connectivity index (χ1n) is 7.65. The molecule has 0 radical (unpaired) electrons. The first-order chi connectivity index (χ1) is 10.8. The number of allylic oxidation sites excluding steroid dienone is 3. The van der Waals surface area contributed by atoms with E-state index < -0.39 is 11.2 Å². The molecule has 6 heteroatoms. The fourth-order valence-corrected chi connectivity index (χ4v) is 1.98. The van der Waals surface area contributed by atoms with Gasteiger partial charge < -0.3 is 5.32 Å². The van der Waals surface area contributed by atoms with Gasteiger partial charge in [0.25, 0.3) is 5.56 Å². The molecule has 0 aromatic carbocycles. The van der Waals surface area contributed by atoms with Crippen molar-refractivity contribution in [2.75, 3.05) is 6.54 Å². The summed E-state index contributed by atoms with van der Waals surface area (Å²) < 4.78 is 1.19. The third kappa shape index (κ3) is 6.95. The third-order valence-electron chi connectivity index (χ3n) is 3.34. The lowest BCUT2D eigenvalue weighted by Gasteiger charge is -2.06. The molecule has 1 aromatic rings. The SMILES string of the molecule is CC(C)=CCC/C(C)=C/CNC(=O)Cn1cc(C)c(=O)[nH]c1=O. The van der Waals surface area contributed by atoms with E-state index in [0.29, 0.717) is 12.1 Å². The van der Waals surface area contributed by atoms with Crippen molar-refractivity contribution in [3.63, 3.8) is 0 Å². The van der Waals surface area contributed by atoms with E-state index in [9.17, 15) is 14.4 Å². The Morgan fingerprint density at radius 2 is 1.96 bits per heavy atom. The van der Waals surface area contributed by atoms with Crippen LogP contribution in [0.25, 0.3) is 0 Å². The summed E-state index contributed by atoms with van der Waals surface area (Å²) in [4.78, 5) is 36.9. The lowest BCUT2D eigenvalue weighted by Crippen LogP contribution is -2.36. The monoisotopic (exact) mass is 319 g/mol. The Hall–Kier alpha value is -2.37. The molecule has 0 spiro atoms. The zero-order chi connectivity index (χ0) is 17.4. The molecule has 23 heavy (non-hydrogen) atoms. The van der Waals surface area contributed by atoms with Crippen LogP contribution in [0.5, 0.6) is 0 Å². The van der Waals surface area contributed by atoms with Gasteiger partial charge in [-0.3, -0.25) is 19.1 Å². The molecular weight excluding hydrogens is 294 g/mol. The minimum absolute atomic E-state index is 0.110. The number of carbonyl (C=O) groups excluding carboxylic acids is 1. The molecule has 1 aromatic heterocycles. The molecule has 6 nitrogen and oxygen atoms in total. The number of carbonyl (C=O) groups is 1. The van der Waals surface area contributed by atoms with E-state index in [-0.39, 0.29) is 12.5 Å². The zero-order valence-corrected chi connectivity index (χ0v) is 14.2. The van der Waals surface area contributed by atoms with Crippen LogP contribution in [0.15, 0.2) is 39.1 Å². The van der Waals surface area contributed by atoms with Crippen LogP contribution in [0.3, 0.4) is 0 Å². The van der Waals surface area contributed by atoms with Gasteiger partial charge in [-0.25, -0.2) is 4.79 Å². The molecule has 0 atom stereocenters. The summed E-state index contributed by atoms with van der Waals surface area (Å²) in [6, 6.07) is 0. The molecular formula is C17H25N3O3. The molecule has 0 unspecified atom stereocenters. The van der Waals surface area contributed by atoms with Crippen LogP contribution >= 0.6 is 0 Å². The van der Waals surface area contributed by atoms with Gasteiger partial charge in [0.1, 0.15) is 6.54 Å². The van der Waals surface area contributed by atoms with Gasteiger partial charge in [0.05, 0.1) is 0 Å². The summed E-state index contributed by atoms with van der Waals surface area (Å²) in [5.74, 6) is -0.271. The summed E-state index contributed by atoms with van der Waals surface area (Å²) in [7, 11) is 0. The third-order valence-corrected chi connectivity index (χ3v) is 3.34. The Morgan fingerprint density at radius 3 is 2.61 bits per heavy atom. The Bertz CT molecular complexity index is 719. The van der Waals surface area contributed by atoms with E-state index in [4.69, 9.17) is 0 Å². The summed E-state index contributed by atoms with van der Waals surface area (Å²) in [5.41, 5.74) is 1.89. The van der Waals surface area contributed by atoms with Crippen molar-refractivity contribution in [1.29, 1.82) is 0 Å². The zero-order valence-electron chi connectivity index (χ0n) is 14.2. The quantitative estimate of drug-likeness (QED) is 0.750. The lowest BCUT2D eigenvalue weighted by atomic mass is 10.1. The molecule has 0 fully saturated rings. The second kappa shape index (κ2) is 8.92. The van der Waals surface area contributed by atoms with Gasteiger partial charge in [-0.2, -0.15) is 0 Å². The highest BCUT2D eigenvalue weighted by molar-refractivity contribution is 5.75. The maximum absolute atomic E-state index is 11.8. The Labute approximate surface area is 135 Å². The van der Waals surface area contributed by atoms with Crippen molar-refractivity contribution in [2.45, 2.75) is 47.1 Å². The van der Waals surface area contributed by atoms with Gasteiger partial charge in [0.2, 0.25) is 5.91 Å². The number of aryl methyl sites for hydroxylation is 1. The number of nitrogens with zero attached hydrogens (tertiary/aromatic N) is 1. The number of hydrogen-bond acceptors (Lipinski definition) is 3. The second-order valence-corrected chi connectivity index (χ2v) is 5.87. The van der Waals surface area contributed by atoms with Crippen LogP contribution < -0.4 is 16.6 Å². The minimum Gasteiger partial charge on any atom is -0.351 e. The molecule has 1 amide bonds. The number of H-pyrrole nitrogens is 1. The maximum Gasteiger partial charge on any atom is 0.328 e. The highest BCUT2D eigenvalue weighted by Crippen LogP contribution is 2.05. The first-order valence-corrected chi connectivity index (χ1v) is 7.65. The standard InChI is InChI=1S/C17H25N3O3/c1-12(2)6-5-7-13(3)8-9-18-15(21)11-20-10-14(4)16(22)19-17(20)23/h6,8,10H,5,7,9,11H2,1-4H3,(H,18,21)(H,19,22,23)/b13-8+. The summed E-state index contributed by atoms with van der Waals surface area (Å²) >= 11 is 0. The molecule has 0 aliphatic carbocycles. The molecule has 1 heterocycles. The van der Waals surface area contributed by atoms with Crippen molar-refractivity contribution < 1.29 is 4.79 Å². The predicted molar refractivity (Wildman–Crippen MR) is 91.5 cm³/mol. The lowest BCUT2D eigenvalue weighted by molar-refractivity contribution is -0.121. The first kappa shape index (κ1) is 18.7. The number of aromatic nitrogens is 2. The molecule has 126 valence electrons. The molecule has 0 aliphatic rings. The number of aromatic amines is 1. The number of amides is 1. The highest BCUT2D eigenvalue weighted by atomic mass is 16.2. The average Bonchev–Trinajstić information content (AvgIpc) is 2.44. The molecule has 0 saturated heterocycles. The highest BCUT2D eigenvalue weighted by Gasteiger charge is 2.05. The fraction of sp³-hybridized carbons (Fsp3) is 0.471. The van der Waals surface area contributed by atoms with Gasteiger partial charge in [-0.15, -0.1) is 0 Å². The second-order valence-electron chi connectivity index (χ2n) is 5.87. The van der Waals surface area contributed by atoms with Crippen LogP contribution in [0, 0.1) is 6.92 Å². The fourth-order valence-electron chi connectivity index (χ4n) is 1.98. The van der Waals surface area contributed by atoms with Gasteiger partial charge in [-0.05, 0) is 40.5 Å². The van der Waals surface area contributed by atoms with Gasteiger partial charge in [-0.1, -0.05) is 23.3 Å². The van der Waals surface area contributed by atoms with E-state index in [1.54, 1.807) is 6.92 Å². The smallest absolute Gasteiger partial charge is 0.328 e. The van der Waals surface area contributed by atoms with Gasteiger partial charge in [0, 0.05) is 18.3 Å². The average molecular weight is 319 g/mol. The summed E-state index contributed by atoms with van der Waals surface area (Å²) in [6.07, 6.45) is 7.49. The maximum atomic E-state index is 11.8. The van der Waals surface area contributed by atoms with Gasteiger partial charge >= 0.3 is 5.69 Å². The van der Waals surface area contributed by atoms with Crippen LogP contribution in [-0.4, -0.2) is 22.0 Å². The molecule has 0 bridgehead atoms. The van der Waals surface area contributed by atoms with Gasteiger partial charge in [0.15, 0.2) is 0 Å². The van der Waals surface area contributed by atoms with Crippen molar-refractivity contribution in [3.05, 3.63) is 55.9 Å². The molecule has 0 saturated carbocycles. The number of nitrogens with one attached hydrogen (secondary N) is 2. The van der Waals surface area contributed by atoms with E-state index in [1.165, 1.54) is 21.9 Å². The number of rotatable bonds is 7. The molecule has 0 aliphatic heterocycles. The van der Waals surface area contributed by atoms with Crippen molar-refractivity contribution in [1.82, 2.24) is 14.9 Å². The van der Waals surface area contributed by atoms with Crippen LogP contribution in [-0.2, 0) is 11.3 Å². The summed E-state index contributed by atoms with van der Waals surface area (Å²) in [5, 5.41) is 2.74. The van der Waals surface area contributed by atoms with Crippen molar-refractivity contribution in [3.8, 4) is 0 Å². The van der Waals surface area contributed by atoms with E-state index >= 15 is 0 Å². The van der Waals surface area contributed by atoms with E-state index in [1.807, 2.05) is 13.0 Å². The largest absolute Gasteiger partial charge is 0.351 e. The minimum atomic E-state index is -0.579. The number of hydrogen-bond donors (Lipinski definition) is 2. The van der Waals surface area contributed by atoms with E-state index in [0.717, 1.165) is 12.8 Å². The topological polar surface area (TPSA) is 84.0 Å². The Balaban J connectivity index is 2.49. The van der Waals surface area contributed by atoms with Crippen molar-refractivity contribution in [2.24, 2.45) is 0 Å². The Morgan fingerprint density at radius 1 is 1.26 bits per heavy atom. The predicted octanol–water partition coefficient (Wildman–Crippen LogP) is 1.65. The van der Waals surface area contributed by atoms with Crippen LogP contribution in [0.4, 0.5) is 0 Å². The molecule has 1 rings (SSSR count). The Kier molecular flexibility index (Phi) is 7.25. The van der Waals surface area contributed by atoms with Crippen LogP contribution in [0.1, 0.15) is 39.2 Å². The molecule has 2 N–H and O–H groups in total. The van der Waals surface area contributed by atoms with Crippen molar-refractivity contribution >= 4 is 5.91 Å².